The van der Waals surface area contributed by atoms with Crippen molar-refractivity contribution in [3.05, 3.63) is 48.4 Å². The summed E-state index contributed by atoms with van der Waals surface area (Å²) < 4.78 is 73.1. The quantitative estimate of drug-likeness (QED) is 0.218. The van der Waals surface area contributed by atoms with Crippen LogP contribution < -0.4 is 10.6 Å². The van der Waals surface area contributed by atoms with E-state index in [9.17, 15) is 26.3 Å². The molecule has 4 aromatic rings. The fraction of sp³-hybridized carbons (Fsp3) is 0.333. The van der Waals surface area contributed by atoms with E-state index in [1.165, 1.54) is 0 Å². The monoisotopic (exact) mass is 555 g/mol. The molecule has 5 N–H and O–H groups in total. The molecule has 0 aliphatic carbocycles. The number of halogens is 6. The van der Waals surface area contributed by atoms with E-state index < -0.39 is 23.9 Å². The number of rotatable bonds is 4. The number of carboxylic acids is 1. The number of anilines is 1. The fourth-order valence-electron chi connectivity index (χ4n) is 4.10. The molecule has 15 heteroatoms. The molecule has 0 spiro atoms. The summed E-state index contributed by atoms with van der Waals surface area (Å²) in [7, 11) is 0. The molecule has 0 radical (unpaired) electrons. The summed E-state index contributed by atoms with van der Waals surface area (Å²) in [4.78, 5) is 20.3. The number of nitrogens with zero attached hydrogens (tertiary/aromatic N) is 3. The molecule has 5 rings (SSSR count). The van der Waals surface area contributed by atoms with Gasteiger partial charge in [0.15, 0.2) is 0 Å². The van der Waals surface area contributed by atoms with Crippen molar-refractivity contribution in [2.45, 2.75) is 37.7 Å². The van der Waals surface area contributed by atoms with Crippen LogP contribution in [0.1, 0.15) is 24.8 Å². The number of H-pyrrole nitrogens is 2. The minimum Gasteiger partial charge on any atom is -0.475 e. The molecule has 0 saturated carbocycles. The Labute approximate surface area is 217 Å². The minimum atomic E-state index is -5.08. The summed E-state index contributed by atoms with van der Waals surface area (Å²) in [5.41, 5.74) is 1.79. The Morgan fingerprint density at radius 2 is 1.87 bits per heavy atom. The van der Waals surface area contributed by atoms with Crippen molar-refractivity contribution in [2.75, 3.05) is 18.4 Å². The van der Waals surface area contributed by atoms with E-state index in [0.717, 1.165) is 49.8 Å². The molecule has 0 bridgehead atoms. The number of aliphatic carboxylic acids is 1. The van der Waals surface area contributed by atoms with Crippen LogP contribution in [-0.2, 0) is 11.0 Å². The Bertz CT molecular complexity index is 1410. The van der Waals surface area contributed by atoms with E-state index in [1.807, 2.05) is 18.2 Å². The molecule has 1 saturated heterocycles. The van der Waals surface area contributed by atoms with Gasteiger partial charge >= 0.3 is 18.3 Å². The van der Waals surface area contributed by atoms with Gasteiger partial charge in [-0.25, -0.2) is 14.8 Å². The minimum absolute atomic E-state index is 0.0713. The average Bonchev–Trinajstić information content (AvgIpc) is 3.48. The zero-order valence-corrected chi connectivity index (χ0v) is 20.1. The molecule has 9 nitrogen and oxygen atoms in total. The first-order chi connectivity index (χ1) is 18.4. The van der Waals surface area contributed by atoms with Gasteiger partial charge < -0.3 is 20.7 Å². The molecule has 0 unspecified atom stereocenters. The maximum absolute atomic E-state index is 13.8. The predicted molar refractivity (Wildman–Crippen MR) is 130 cm³/mol. The number of alkyl halides is 6. The molecule has 4 heterocycles. The van der Waals surface area contributed by atoms with Crippen LogP contribution in [0.15, 0.2) is 42.9 Å². The molecule has 1 aliphatic rings. The smallest absolute Gasteiger partial charge is 0.475 e. The molecule has 0 amide bonds. The Hall–Kier alpha value is -4.14. The van der Waals surface area contributed by atoms with Crippen LogP contribution in [0.4, 0.5) is 32.3 Å². The van der Waals surface area contributed by atoms with Crippen molar-refractivity contribution < 1.29 is 36.2 Å². The van der Waals surface area contributed by atoms with Gasteiger partial charge in [-0.3, -0.25) is 5.10 Å². The average molecular weight is 555 g/mol. The Balaban J connectivity index is 0.000000448. The van der Waals surface area contributed by atoms with Crippen molar-refractivity contribution in [1.29, 1.82) is 0 Å². The zero-order chi connectivity index (χ0) is 28.2. The van der Waals surface area contributed by atoms with Gasteiger partial charge in [-0.1, -0.05) is 18.6 Å². The van der Waals surface area contributed by atoms with Crippen LogP contribution in [0, 0.1) is 0 Å². The Morgan fingerprint density at radius 1 is 1.10 bits per heavy atom. The summed E-state index contributed by atoms with van der Waals surface area (Å²) in [5, 5.41) is 21.1. The Kier molecular flexibility index (Phi) is 8.09. The van der Waals surface area contributed by atoms with Gasteiger partial charge in [-0.05, 0) is 31.5 Å². The van der Waals surface area contributed by atoms with E-state index >= 15 is 0 Å². The van der Waals surface area contributed by atoms with Gasteiger partial charge in [0.2, 0.25) is 5.95 Å². The van der Waals surface area contributed by atoms with Crippen molar-refractivity contribution in [1.82, 2.24) is 30.5 Å². The third-order valence-corrected chi connectivity index (χ3v) is 5.97. The third-order valence-electron chi connectivity index (χ3n) is 5.97. The number of benzene rings is 1. The molecular formula is C24H23F6N7O2. The van der Waals surface area contributed by atoms with E-state index in [4.69, 9.17) is 9.90 Å². The normalized spacial score (nSPS) is 16.3. The first-order valence-electron chi connectivity index (χ1n) is 11.8. The first-order valence-corrected chi connectivity index (χ1v) is 11.8. The highest BCUT2D eigenvalue weighted by molar-refractivity contribution is 5.97. The number of hydrogen-bond acceptors (Lipinski definition) is 6. The van der Waals surface area contributed by atoms with Crippen molar-refractivity contribution in [2.24, 2.45) is 0 Å². The van der Waals surface area contributed by atoms with Crippen LogP contribution in [0.3, 0.4) is 0 Å². The van der Waals surface area contributed by atoms with Crippen LogP contribution in [0.2, 0.25) is 0 Å². The van der Waals surface area contributed by atoms with Crippen LogP contribution in [0.25, 0.3) is 33.4 Å². The molecule has 1 fully saturated rings. The lowest BCUT2D eigenvalue weighted by Gasteiger charge is -2.18. The lowest BCUT2D eigenvalue weighted by molar-refractivity contribution is -0.192. The van der Waals surface area contributed by atoms with Crippen LogP contribution >= 0.6 is 0 Å². The third kappa shape index (κ3) is 6.85. The predicted octanol–water partition coefficient (Wildman–Crippen LogP) is 5.22. The lowest BCUT2D eigenvalue weighted by atomic mass is 10.0. The van der Waals surface area contributed by atoms with Crippen molar-refractivity contribution in [3.63, 3.8) is 0 Å². The molecule has 1 atom stereocenters. The summed E-state index contributed by atoms with van der Waals surface area (Å²) in [5.74, 6) is -2.56. The molecule has 1 aromatic carbocycles. The standard InChI is InChI=1S/C22H22F3N7.C2HF3O2/c23-22(24,25)17-12-28-21(30-14-3-1-2-7-26-10-14)31-20(17)16-11-27-19-9-13(4-5-15(16)19)18-6-8-29-32-18;3-2(4,5)1(6)7/h4-6,8-9,11-12,14,26-27H,1-3,7,10H2,(H,29,32)(H,28,30,31);(H,6,7)/t14-;/m0./s1. The van der Waals surface area contributed by atoms with E-state index in [2.05, 4.69) is 35.8 Å². The second-order valence-electron chi connectivity index (χ2n) is 8.73. The van der Waals surface area contributed by atoms with E-state index in [-0.39, 0.29) is 17.7 Å². The van der Waals surface area contributed by atoms with Gasteiger partial charge in [0.1, 0.15) is 5.56 Å². The number of aromatic nitrogens is 5. The van der Waals surface area contributed by atoms with Crippen molar-refractivity contribution >= 4 is 22.8 Å². The molecule has 208 valence electrons. The molecular weight excluding hydrogens is 532 g/mol. The highest BCUT2D eigenvalue weighted by Crippen LogP contribution is 2.39. The number of carbonyl (C=O) groups is 1. The van der Waals surface area contributed by atoms with Gasteiger partial charge in [-0.2, -0.15) is 31.4 Å². The second kappa shape index (κ2) is 11.3. The fourth-order valence-corrected chi connectivity index (χ4v) is 4.10. The topological polar surface area (TPSA) is 132 Å². The Morgan fingerprint density at radius 3 is 2.54 bits per heavy atom. The van der Waals surface area contributed by atoms with Crippen LogP contribution in [-0.4, -0.2) is 61.5 Å². The lowest BCUT2D eigenvalue weighted by Crippen LogP contribution is -2.31. The number of nitrogens with one attached hydrogen (secondary N) is 4. The van der Waals surface area contributed by atoms with Gasteiger partial charge in [0.05, 0.1) is 11.4 Å². The molecule has 3 aromatic heterocycles. The highest BCUT2D eigenvalue weighted by atomic mass is 19.4. The van der Waals surface area contributed by atoms with Crippen LogP contribution in [0.5, 0.6) is 0 Å². The maximum Gasteiger partial charge on any atom is 0.490 e. The number of aromatic amines is 2. The summed E-state index contributed by atoms with van der Waals surface area (Å²) in [6.07, 6.45) is -2.54. The highest BCUT2D eigenvalue weighted by Gasteiger charge is 2.38. The number of carboxylic acid groups (broad SMARTS) is 1. The second-order valence-corrected chi connectivity index (χ2v) is 8.73. The van der Waals surface area contributed by atoms with E-state index in [0.29, 0.717) is 16.5 Å². The van der Waals surface area contributed by atoms with Gasteiger partial charge in [-0.15, -0.1) is 0 Å². The summed E-state index contributed by atoms with van der Waals surface area (Å²) >= 11 is 0. The molecule has 39 heavy (non-hydrogen) atoms. The SMILES string of the molecule is FC(F)(F)c1cnc(N[C@H]2CCCCNC2)nc1-c1c[nH]c2cc(-c3ccn[nH]3)ccc12.O=C(O)C(F)(F)F. The largest absolute Gasteiger partial charge is 0.490 e. The van der Waals surface area contributed by atoms with Crippen molar-refractivity contribution in [3.8, 4) is 22.5 Å². The molecule has 1 aliphatic heterocycles. The number of fused-ring (bicyclic) bond motifs is 1. The van der Waals surface area contributed by atoms with Gasteiger partial charge in [0, 0.05) is 53.2 Å². The first kappa shape index (κ1) is 27.9. The summed E-state index contributed by atoms with van der Waals surface area (Å²) in [6.45, 7) is 1.66. The maximum atomic E-state index is 13.8. The zero-order valence-electron chi connectivity index (χ0n) is 20.1. The summed E-state index contributed by atoms with van der Waals surface area (Å²) in [6, 6.07) is 7.41. The number of hydrogen-bond donors (Lipinski definition) is 5. The van der Waals surface area contributed by atoms with E-state index in [1.54, 1.807) is 18.5 Å². The van der Waals surface area contributed by atoms with Gasteiger partial charge in [0.25, 0.3) is 0 Å².